The largest absolute Gasteiger partial charge is 0.324 e. The van der Waals surface area contributed by atoms with Gasteiger partial charge in [0, 0.05) is 13.0 Å². The van der Waals surface area contributed by atoms with Crippen LogP contribution < -0.4 is 5.32 Å². The number of hydrogen-bond donors (Lipinski definition) is 1. The molecule has 120 valence electrons. The zero-order valence-electron chi connectivity index (χ0n) is 13.2. The highest BCUT2D eigenvalue weighted by Crippen LogP contribution is 2.19. The lowest BCUT2D eigenvalue weighted by Crippen LogP contribution is -2.15. The SMILES string of the molecule is CCCc1nnc(SCC(=O)Nc2ccccc2C#N)n1CC. The molecule has 6 nitrogen and oxygen atoms in total. The standard InChI is InChI=1S/C16H19N5OS/c1-3-7-14-19-20-16(21(14)4-2)23-11-15(22)18-13-9-6-5-8-12(13)10-17/h5-6,8-9H,3-4,7,11H2,1-2H3,(H,18,22). The highest BCUT2D eigenvalue weighted by molar-refractivity contribution is 7.99. The maximum atomic E-state index is 12.1. The lowest BCUT2D eigenvalue weighted by Gasteiger charge is -2.08. The number of nitrogens with one attached hydrogen (secondary N) is 1. The number of aryl methyl sites for hydroxylation is 1. The molecule has 1 amide bonds. The summed E-state index contributed by atoms with van der Waals surface area (Å²) in [5, 5.41) is 20.9. The van der Waals surface area contributed by atoms with E-state index in [0.717, 1.165) is 30.4 Å². The van der Waals surface area contributed by atoms with Gasteiger partial charge in [-0.2, -0.15) is 5.26 Å². The van der Waals surface area contributed by atoms with Crippen molar-refractivity contribution in [2.24, 2.45) is 0 Å². The Morgan fingerprint density at radius 3 is 2.83 bits per heavy atom. The van der Waals surface area contributed by atoms with Crippen LogP contribution >= 0.6 is 11.8 Å². The normalized spacial score (nSPS) is 10.3. The number of aromatic nitrogens is 3. The molecule has 0 saturated heterocycles. The van der Waals surface area contributed by atoms with Crippen molar-refractivity contribution in [1.82, 2.24) is 14.8 Å². The molecule has 0 aliphatic carbocycles. The van der Waals surface area contributed by atoms with Gasteiger partial charge in [-0.3, -0.25) is 4.79 Å². The molecule has 0 unspecified atom stereocenters. The van der Waals surface area contributed by atoms with E-state index < -0.39 is 0 Å². The van der Waals surface area contributed by atoms with Crippen LogP contribution in [0.15, 0.2) is 29.4 Å². The van der Waals surface area contributed by atoms with Crippen molar-refractivity contribution in [1.29, 1.82) is 5.26 Å². The Labute approximate surface area is 139 Å². The predicted octanol–water partition coefficient (Wildman–Crippen LogP) is 2.85. The summed E-state index contributed by atoms with van der Waals surface area (Å²) in [7, 11) is 0. The number of carbonyl (C=O) groups excluding carboxylic acids is 1. The molecule has 7 heteroatoms. The number of thioether (sulfide) groups is 1. The molecule has 0 aliphatic rings. The van der Waals surface area contributed by atoms with Gasteiger partial charge in [0.05, 0.1) is 17.0 Å². The van der Waals surface area contributed by atoms with Gasteiger partial charge in [-0.25, -0.2) is 0 Å². The summed E-state index contributed by atoms with van der Waals surface area (Å²) in [5.41, 5.74) is 0.983. The van der Waals surface area contributed by atoms with Crippen LogP contribution in [0.25, 0.3) is 0 Å². The van der Waals surface area contributed by atoms with Gasteiger partial charge < -0.3 is 9.88 Å². The monoisotopic (exact) mass is 329 g/mol. The zero-order valence-corrected chi connectivity index (χ0v) is 14.1. The van der Waals surface area contributed by atoms with Crippen LogP contribution in [0.1, 0.15) is 31.7 Å². The molecular weight excluding hydrogens is 310 g/mol. The van der Waals surface area contributed by atoms with Gasteiger partial charge in [-0.15, -0.1) is 10.2 Å². The zero-order chi connectivity index (χ0) is 16.7. The molecule has 0 aliphatic heterocycles. The average molecular weight is 329 g/mol. The summed E-state index contributed by atoms with van der Waals surface area (Å²) in [6, 6.07) is 9.01. The average Bonchev–Trinajstić information content (AvgIpc) is 2.95. The summed E-state index contributed by atoms with van der Waals surface area (Å²) >= 11 is 1.35. The first-order valence-corrected chi connectivity index (χ1v) is 8.52. The lowest BCUT2D eigenvalue weighted by atomic mass is 10.2. The van der Waals surface area contributed by atoms with Gasteiger partial charge >= 0.3 is 0 Å². The van der Waals surface area contributed by atoms with Crippen LogP contribution in [-0.4, -0.2) is 26.4 Å². The Hall–Kier alpha value is -2.33. The molecule has 0 spiro atoms. The molecule has 1 aromatic carbocycles. The highest BCUT2D eigenvalue weighted by atomic mass is 32.2. The molecule has 2 aromatic rings. The smallest absolute Gasteiger partial charge is 0.234 e. The van der Waals surface area contributed by atoms with Crippen LogP contribution in [0.2, 0.25) is 0 Å². The first kappa shape index (κ1) is 17.0. The molecule has 0 fully saturated rings. The van der Waals surface area contributed by atoms with Gasteiger partial charge in [-0.1, -0.05) is 30.8 Å². The maximum absolute atomic E-state index is 12.1. The van der Waals surface area contributed by atoms with Crippen molar-refractivity contribution in [3.8, 4) is 6.07 Å². The van der Waals surface area contributed by atoms with E-state index in [9.17, 15) is 4.79 Å². The number of hydrogen-bond acceptors (Lipinski definition) is 5. The minimum Gasteiger partial charge on any atom is -0.324 e. The van der Waals surface area contributed by atoms with Crippen molar-refractivity contribution in [3.05, 3.63) is 35.7 Å². The molecule has 0 saturated carbocycles. The molecular formula is C16H19N5OS. The summed E-state index contributed by atoms with van der Waals surface area (Å²) in [5.74, 6) is 1.01. The molecule has 0 radical (unpaired) electrons. The number of rotatable bonds is 7. The molecule has 1 heterocycles. The van der Waals surface area contributed by atoms with E-state index in [1.807, 2.05) is 11.5 Å². The summed E-state index contributed by atoms with van der Waals surface area (Å²) in [4.78, 5) is 12.1. The molecule has 1 aromatic heterocycles. The van der Waals surface area contributed by atoms with Crippen molar-refractivity contribution in [3.63, 3.8) is 0 Å². The molecule has 2 rings (SSSR count). The van der Waals surface area contributed by atoms with Crippen LogP contribution in [0, 0.1) is 11.3 Å². The van der Waals surface area contributed by atoms with Gasteiger partial charge in [0.25, 0.3) is 0 Å². The number of benzene rings is 1. The highest BCUT2D eigenvalue weighted by Gasteiger charge is 2.13. The summed E-state index contributed by atoms with van der Waals surface area (Å²) < 4.78 is 2.03. The molecule has 0 atom stereocenters. The van der Waals surface area contributed by atoms with Crippen LogP contribution in [0.5, 0.6) is 0 Å². The molecule has 23 heavy (non-hydrogen) atoms. The van der Waals surface area contributed by atoms with Crippen LogP contribution in [0.4, 0.5) is 5.69 Å². The minimum atomic E-state index is -0.166. The Morgan fingerprint density at radius 1 is 1.35 bits per heavy atom. The third kappa shape index (κ3) is 4.33. The topological polar surface area (TPSA) is 83.6 Å². The number of amides is 1. The summed E-state index contributed by atoms with van der Waals surface area (Å²) in [6.07, 6.45) is 1.89. The third-order valence-corrected chi connectivity index (χ3v) is 4.20. The fourth-order valence-corrected chi connectivity index (χ4v) is 2.98. The van der Waals surface area contributed by atoms with Gasteiger partial charge in [0.1, 0.15) is 11.9 Å². The van der Waals surface area contributed by atoms with Crippen LogP contribution in [0.3, 0.4) is 0 Å². The Bertz CT molecular complexity index is 720. The van der Waals surface area contributed by atoms with E-state index in [1.165, 1.54) is 11.8 Å². The van der Waals surface area contributed by atoms with Gasteiger partial charge in [0.15, 0.2) is 5.16 Å². The van der Waals surface area contributed by atoms with Crippen molar-refractivity contribution in [2.45, 2.75) is 38.4 Å². The van der Waals surface area contributed by atoms with Crippen LogP contribution in [-0.2, 0) is 17.8 Å². The quantitative estimate of drug-likeness (QED) is 0.790. The molecule has 1 N–H and O–H groups in total. The number of para-hydroxylation sites is 1. The van der Waals surface area contributed by atoms with E-state index in [-0.39, 0.29) is 11.7 Å². The molecule has 0 bridgehead atoms. The summed E-state index contributed by atoms with van der Waals surface area (Å²) in [6.45, 7) is 4.92. The van der Waals surface area contributed by atoms with Gasteiger partial charge in [0.2, 0.25) is 5.91 Å². The van der Waals surface area contributed by atoms with Crippen molar-refractivity contribution < 1.29 is 4.79 Å². The fourth-order valence-electron chi connectivity index (χ4n) is 2.16. The second kappa shape index (κ2) is 8.34. The first-order chi connectivity index (χ1) is 11.2. The maximum Gasteiger partial charge on any atom is 0.234 e. The number of anilines is 1. The second-order valence-electron chi connectivity index (χ2n) is 4.89. The number of nitrogens with zero attached hydrogens (tertiary/aromatic N) is 4. The second-order valence-corrected chi connectivity index (χ2v) is 5.83. The fraction of sp³-hybridized carbons (Fsp3) is 0.375. The van der Waals surface area contributed by atoms with E-state index in [0.29, 0.717) is 11.3 Å². The van der Waals surface area contributed by atoms with E-state index in [1.54, 1.807) is 24.3 Å². The first-order valence-electron chi connectivity index (χ1n) is 7.53. The predicted molar refractivity (Wildman–Crippen MR) is 90.2 cm³/mol. The number of carbonyl (C=O) groups is 1. The number of nitriles is 1. The van der Waals surface area contributed by atoms with Gasteiger partial charge in [-0.05, 0) is 25.5 Å². The minimum absolute atomic E-state index is 0.166. The Morgan fingerprint density at radius 2 is 2.13 bits per heavy atom. The van der Waals surface area contributed by atoms with E-state index in [2.05, 4.69) is 28.5 Å². The van der Waals surface area contributed by atoms with E-state index in [4.69, 9.17) is 5.26 Å². The van der Waals surface area contributed by atoms with Crippen molar-refractivity contribution in [2.75, 3.05) is 11.1 Å². The Balaban J connectivity index is 1.98. The van der Waals surface area contributed by atoms with Crippen molar-refractivity contribution >= 4 is 23.4 Å². The van der Waals surface area contributed by atoms with E-state index >= 15 is 0 Å². The Kier molecular flexibility index (Phi) is 6.18. The third-order valence-electron chi connectivity index (χ3n) is 3.24. The lowest BCUT2D eigenvalue weighted by molar-refractivity contribution is -0.113.